The molecule has 0 heterocycles. The highest BCUT2D eigenvalue weighted by Crippen LogP contribution is 2.28. The quantitative estimate of drug-likeness (QED) is 0.616. The summed E-state index contributed by atoms with van der Waals surface area (Å²) in [5, 5.41) is 8.80. The number of anilines is 2. The molecule has 114 valence electrons. The molecule has 0 fully saturated rings. The summed E-state index contributed by atoms with van der Waals surface area (Å²) >= 11 is 0. The Morgan fingerprint density at radius 1 is 1.48 bits per heavy atom. The number of hydrogen-bond acceptors (Lipinski definition) is 5. The molecule has 1 rings (SSSR count). The van der Waals surface area contributed by atoms with Crippen LogP contribution in [0.2, 0.25) is 0 Å². The Morgan fingerprint density at radius 3 is 2.76 bits per heavy atom. The number of rotatable bonds is 7. The first-order valence-electron chi connectivity index (χ1n) is 7.18. The number of para-hydroxylation sites is 1. The van der Waals surface area contributed by atoms with Crippen LogP contribution < -0.4 is 10.6 Å². The molecule has 0 radical (unpaired) electrons. The van der Waals surface area contributed by atoms with Crippen molar-refractivity contribution in [1.29, 1.82) is 5.26 Å². The van der Waals surface area contributed by atoms with Crippen molar-refractivity contribution < 1.29 is 9.53 Å². The van der Waals surface area contributed by atoms with Gasteiger partial charge in [0, 0.05) is 13.1 Å². The fourth-order valence-corrected chi connectivity index (χ4v) is 2.15. The number of carbonyl (C=O) groups excluding carboxylic acids is 1. The lowest BCUT2D eigenvalue weighted by Gasteiger charge is -2.27. The second-order valence-corrected chi connectivity index (χ2v) is 5.21. The summed E-state index contributed by atoms with van der Waals surface area (Å²) in [5.74, 6) is 0.0102. The zero-order chi connectivity index (χ0) is 15.8. The van der Waals surface area contributed by atoms with Crippen molar-refractivity contribution in [1.82, 2.24) is 0 Å². The summed E-state index contributed by atoms with van der Waals surface area (Å²) in [7, 11) is 0. The van der Waals surface area contributed by atoms with Crippen molar-refractivity contribution in [2.24, 2.45) is 5.92 Å². The summed E-state index contributed by atoms with van der Waals surface area (Å²) in [6.45, 7) is 7.64. The molecular formula is C16H23N3O2. The highest BCUT2D eigenvalue weighted by atomic mass is 16.5. The Hall–Kier alpha value is -2.22. The molecule has 5 nitrogen and oxygen atoms in total. The van der Waals surface area contributed by atoms with E-state index in [-0.39, 0.29) is 0 Å². The van der Waals surface area contributed by atoms with Gasteiger partial charge in [-0.2, -0.15) is 5.26 Å². The molecule has 0 atom stereocenters. The fourth-order valence-electron chi connectivity index (χ4n) is 2.15. The van der Waals surface area contributed by atoms with Crippen LogP contribution in [0.15, 0.2) is 18.2 Å². The first-order chi connectivity index (χ1) is 10.0. The standard InChI is InChI=1S/C16H23N3O2/c1-4-21-16(20)13-7-5-8-14(15(13)18)19(10-6-9-17)11-12(2)3/h5,7-8,12H,4,6,10-11,18H2,1-3H3. The minimum atomic E-state index is -0.415. The van der Waals surface area contributed by atoms with E-state index >= 15 is 0 Å². The zero-order valence-corrected chi connectivity index (χ0v) is 12.9. The fraction of sp³-hybridized carbons (Fsp3) is 0.500. The van der Waals surface area contributed by atoms with Crippen molar-refractivity contribution in [2.75, 3.05) is 30.3 Å². The predicted molar refractivity (Wildman–Crippen MR) is 84.1 cm³/mol. The molecule has 2 N–H and O–H groups in total. The number of hydrogen-bond donors (Lipinski definition) is 1. The van der Waals surface area contributed by atoms with E-state index in [1.165, 1.54) is 0 Å². The molecule has 0 saturated carbocycles. The third-order valence-corrected chi connectivity index (χ3v) is 3.00. The normalized spacial score (nSPS) is 10.2. The average Bonchev–Trinajstić information content (AvgIpc) is 2.43. The van der Waals surface area contributed by atoms with E-state index in [4.69, 9.17) is 15.7 Å². The number of nitrogens with two attached hydrogens (primary N) is 1. The van der Waals surface area contributed by atoms with Gasteiger partial charge in [-0.15, -0.1) is 0 Å². The van der Waals surface area contributed by atoms with Gasteiger partial charge in [-0.25, -0.2) is 4.79 Å². The Kier molecular flexibility index (Phi) is 6.54. The smallest absolute Gasteiger partial charge is 0.340 e. The number of nitrogens with zero attached hydrogens (tertiary/aromatic N) is 2. The summed E-state index contributed by atoms with van der Waals surface area (Å²) in [5.41, 5.74) is 7.71. The average molecular weight is 289 g/mol. The Bertz CT molecular complexity index is 521. The number of benzene rings is 1. The number of nitriles is 1. The maximum absolute atomic E-state index is 11.9. The second-order valence-electron chi connectivity index (χ2n) is 5.21. The molecule has 0 saturated heterocycles. The number of ether oxygens (including phenoxy) is 1. The van der Waals surface area contributed by atoms with Crippen LogP contribution in [0.5, 0.6) is 0 Å². The van der Waals surface area contributed by atoms with Crippen LogP contribution in [-0.2, 0) is 4.74 Å². The van der Waals surface area contributed by atoms with Crippen LogP contribution in [0, 0.1) is 17.2 Å². The Morgan fingerprint density at radius 2 is 2.19 bits per heavy atom. The molecule has 0 aliphatic rings. The van der Waals surface area contributed by atoms with Gasteiger partial charge in [-0.1, -0.05) is 19.9 Å². The van der Waals surface area contributed by atoms with Crippen molar-refractivity contribution in [3.05, 3.63) is 23.8 Å². The van der Waals surface area contributed by atoms with Gasteiger partial charge in [0.2, 0.25) is 0 Å². The van der Waals surface area contributed by atoms with E-state index in [1.54, 1.807) is 19.1 Å². The zero-order valence-electron chi connectivity index (χ0n) is 12.9. The Labute approximate surface area is 126 Å². The molecule has 0 spiro atoms. The largest absolute Gasteiger partial charge is 0.462 e. The van der Waals surface area contributed by atoms with Gasteiger partial charge in [0.1, 0.15) is 0 Å². The summed E-state index contributed by atoms with van der Waals surface area (Å²) in [6.07, 6.45) is 0.412. The maximum Gasteiger partial charge on any atom is 0.340 e. The van der Waals surface area contributed by atoms with E-state index in [0.29, 0.717) is 36.7 Å². The van der Waals surface area contributed by atoms with E-state index < -0.39 is 5.97 Å². The molecule has 0 bridgehead atoms. The van der Waals surface area contributed by atoms with Gasteiger partial charge < -0.3 is 15.4 Å². The molecule has 1 aromatic carbocycles. The molecule has 0 aromatic heterocycles. The molecule has 0 unspecified atom stereocenters. The lowest BCUT2D eigenvalue weighted by molar-refractivity contribution is 0.0527. The SMILES string of the molecule is CCOC(=O)c1cccc(N(CCC#N)CC(C)C)c1N. The van der Waals surface area contributed by atoms with E-state index in [9.17, 15) is 4.79 Å². The van der Waals surface area contributed by atoms with Crippen LogP contribution in [0.1, 0.15) is 37.6 Å². The molecule has 21 heavy (non-hydrogen) atoms. The number of carbonyl (C=O) groups is 1. The van der Waals surface area contributed by atoms with Gasteiger partial charge >= 0.3 is 5.97 Å². The minimum absolute atomic E-state index is 0.312. The lowest BCUT2D eigenvalue weighted by atomic mass is 10.1. The summed E-state index contributed by atoms with van der Waals surface area (Å²) < 4.78 is 5.02. The highest BCUT2D eigenvalue weighted by molar-refractivity contribution is 5.98. The van der Waals surface area contributed by atoms with Crippen LogP contribution >= 0.6 is 0 Å². The van der Waals surface area contributed by atoms with Gasteiger partial charge in [-0.3, -0.25) is 0 Å². The second kappa shape index (κ2) is 8.15. The molecule has 0 aliphatic heterocycles. The first-order valence-corrected chi connectivity index (χ1v) is 7.18. The molecule has 0 amide bonds. The van der Waals surface area contributed by atoms with E-state index in [1.807, 2.05) is 11.0 Å². The van der Waals surface area contributed by atoms with Crippen molar-refractivity contribution in [3.63, 3.8) is 0 Å². The molecular weight excluding hydrogens is 266 g/mol. The monoisotopic (exact) mass is 289 g/mol. The van der Waals surface area contributed by atoms with Crippen LogP contribution in [0.4, 0.5) is 11.4 Å². The van der Waals surface area contributed by atoms with Gasteiger partial charge in [0.05, 0.1) is 36.0 Å². The summed E-state index contributed by atoms with van der Waals surface area (Å²) in [4.78, 5) is 14.0. The van der Waals surface area contributed by atoms with Crippen molar-refractivity contribution in [3.8, 4) is 6.07 Å². The molecule has 1 aromatic rings. The lowest BCUT2D eigenvalue weighted by Crippen LogP contribution is -2.29. The van der Waals surface area contributed by atoms with Crippen LogP contribution in [0.25, 0.3) is 0 Å². The van der Waals surface area contributed by atoms with Crippen LogP contribution in [0.3, 0.4) is 0 Å². The van der Waals surface area contributed by atoms with E-state index in [2.05, 4.69) is 19.9 Å². The maximum atomic E-state index is 11.9. The van der Waals surface area contributed by atoms with Crippen molar-refractivity contribution >= 4 is 17.3 Å². The molecule has 5 heteroatoms. The highest BCUT2D eigenvalue weighted by Gasteiger charge is 2.17. The topological polar surface area (TPSA) is 79.3 Å². The van der Waals surface area contributed by atoms with Gasteiger partial charge in [0.15, 0.2) is 0 Å². The van der Waals surface area contributed by atoms with E-state index in [0.717, 1.165) is 12.2 Å². The summed E-state index contributed by atoms with van der Waals surface area (Å²) in [6, 6.07) is 7.47. The number of esters is 1. The third-order valence-electron chi connectivity index (χ3n) is 3.00. The predicted octanol–water partition coefficient (Wildman–Crippen LogP) is 2.82. The Balaban J connectivity index is 3.10. The van der Waals surface area contributed by atoms with Crippen molar-refractivity contribution in [2.45, 2.75) is 27.2 Å². The third kappa shape index (κ3) is 4.67. The number of nitrogen functional groups attached to an aromatic ring is 1. The minimum Gasteiger partial charge on any atom is -0.462 e. The van der Waals surface area contributed by atoms with Gasteiger partial charge in [-0.05, 0) is 25.0 Å². The first kappa shape index (κ1) is 16.8. The molecule has 0 aliphatic carbocycles. The van der Waals surface area contributed by atoms with Gasteiger partial charge in [0.25, 0.3) is 0 Å². The van der Waals surface area contributed by atoms with Crippen LogP contribution in [-0.4, -0.2) is 25.7 Å².